The van der Waals surface area contributed by atoms with Gasteiger partial charge in [0.1, 0.15) is 0 Å². The van der Waals surface area contributed by atoms with Crippen LogP contribution in [0.4, 0.5) is 0 Å². The van der Waals surface area contributed by atoms with Crippen LogP contribution in [0.1, 0.15) is 17.4 Å². The summed E-state index contributed by atoms with van der Waals surface area (Å²) in [4.78, 5) is 19.6. The minimum absolute atomic E-state index is 0.193. The minimum atomic E-state index is -0.551. The molecule has 5 nitrogen and oxygen atoms in total. The Kier molecular flexibility index (Phi) is 2.01. The van der Waals surface area contributed by atoms with E-state index in [-0.39, 0.29) is 5.78 Å². The molecule has 2 aromatic heterocycles. The van der Waals surface area contributed by atoms with Gasteiger partial charge in [-0.15, -0.1) is 0 Å². The summed E-state index contributed by atoms with van der Waals surface area (Å²) in [5.41, 5.74) is 6.38. The Morgan fingerprint density at radius 2 is 2.07 bits per heavy atom. The van der Waals surface area contributed by atoms with E-state index in [2.05, 4.69) is 9.97 Å². The molecule has 2 N–H and O–H groups in total. The van der Waals surface area contributed by atoms with Crippen LogP contribution in [0.5, 0.6) is 0 Å². The van der Waals surface area contributed by atoms with Gasteiger partial charge < -0.3 is 10.1 Å². The highest BCUT2D eigenvalue weighted by Crippen LogP contribution is 2.07. The number of aromatic nitrogens is 3. The fourth-order valence-corrected chi connectivity index (χ4v) is 1.24. The summed E-state index contributed by atoms with van der Waals surface area (Å²) in [5, 5.41) is 0. The van der Waals surface area contributed by atoms with Crippen LogP contribution in [0.2, 0.25) is 0 Å². The third kappa shape index (κ3) is 1.27. The number of nitrogens with zero attached hydrogens (tertiary/aromatic N) is 3. The van der Waals surface area contributed by atoms with Crippen molar-refractivity contribution in [1.82, 2.24) is 14.4 Å². The first-order chi connectivity index (χ1) is 6.70. The molecule has 0 aliphatic heterocycles. The molecule has 0 aliphatic rings. The van der Waals surface area contributed by atoms with Gasteiger partial charge in [-0.05, 0) is 6.92 Å². The van der Waals surface area contributed by atoms with Crippen molar-refractivity contribution in [1.29, 1.82) is 0 Å². The van der Waals surface area contributed by atoms with Crippen molar-refractivity contribution in [2.45, 2.75) is 13.0 Å². The summed E-state index contributed by atoms with van der Waals surface area (Å²) < 4.78 is 1.74. The van der Waals surface area contributed by atoms with E-state index in [1.165, 1.54) is 0 Å². The Morgan fingerprint density at radius 3 is 2.71 bits per heavy atom. The molecule has 0 saturated heterocycles. The first-order valence-corrected chi connectivity index (χ1v) is 4.27. The summed E-state index contributed by atoms with van der Waals surface area (Å²) in [6, 6.07) is -0.551. The van der Waals surface area contributed by atoms with Gasteiger partial charge in [-0.3, -0.25) is 4.79 Å². The van der Waals surface area contributed by atoms with Gasteiger partial charge in [0.25, 0.3) is 0 Å². The van der Waals surface area contributed by atoms with Crippen molar-refractivity contribution in [2.75, 3.05) is 0 Å². The van der Waals surface area contributed by atoms with Crippen LogP contribution in [-0.4, -0.2) is 26.2 Å². The average Bonchev–Trinajstić information content (AvgIpc) is 2.63. The SMILES string of the molecule is CC(N)C(=O)c1nccn2ccnc12. The van der Waals surface area contributed by atoms with Crippen LogP contribution in [0.15, 0.2) is 24.8 Å². The monoisotopic (exact) mass is 190 g/mol. The van der Waals surface area contributed by atoms with E-state index in [0.29, 0.717) is 11.3 Å². The van der Waals surface area contributed by atoms with Crippen molar-refractivity contribution in [2.24, 2.45) is 5.73 Å². The molecule has 72 valence electrons. The van der Waals surface area contributed by atoms with E-state index in [4.69, 9.17) is 5.73 Å². The molecule has 1 unspecified atom stereocenters. The molecule has 5 heteroatoms. The van der Waals surface area contributed by atoms with E-state index in [0.717, 1.165) is 0 Å². The molecule has 0 radical (unpaired) electrons. The number of rotatable bonds is 2. The zero-order valence-corrected chi connectivity index (χ0v) is 7.71. The largest absolute Gasteiger partial charge is 0.321 e. The van der Waals surface area contributed by atoms with Crippen molar-refractivity contribution >= 4 is 11.4 Å². The van der Waals surface area contributed by atoms with Crippen LogP contribution in [0.3, 0.4) is 0 Å². The third-order valence-corrected chi connectivity index (χ3v) is 1.96. The average molecular weight is 190 g/mol. The van der Waals surface area contributed by atoms with Crippen LogP contribution in [0.25, 0.3) is 5.65 Å². The van der Waals surface area contributed by atoms with E-state index in [1.54, 1.807) is 36.1 Å². The summed E-state index contributed by atoms with van der Waals surface area (Å²) >= 11 is 0. The van der Waals surface area contributed by atoms with Crippen LogP contribution in [-0.2, 0) is 0 Å². The topological polar surface area (TPSA) is 73.3 Å². The Morgan fingerprint density at radius 1 is 1.43 bits per heavy atom. The molecule has 14 heavy (non-hydrogen) atoms. The van der Waals surface area contributed by atoms with E-state index in [9.17, 15) is 4.79 Å². The number of carbonyl (C=O) groups is 1. The number of Topliss-reactive ketones (excluding diaryl/α,β-unsaturated/α-hetero) is 1. The van der Waals surface area contributed by atoms with Gasteiger partial charge in [-0.1, -0.05) is 0 Å². The molecule has 0 bridgehead atoms. The maximum Gasteiger partial charge on any atom is 0.201 e. The zero-order valence-electron chi connectivity index (χ0n) is 7.71. The van der Waals surface area contributed by atoms with Crippen molar-refractivity contribution in [3.05, 3.63) is 30.5 Å². The van der Waals surface area contributed by atoms with Gasteiger partial charge in [-0.2, -0.15) is 0 Å². The van der Waals surface area contributed by atoms with Gasteiger partial charge >= 0.3 is 0 Å². The summed E-state index contributed by atoms with van der Waals surface area (Å²) in [6.07, 6.45) is 6.68. The number of hydrogen-bond donors (Lipinski definition) is 1. The highest BCUT2D eigenvalue weighted by atomic mass is 16.1. The van der Waals surface area contributed by atoms with E-state index >= 15 is 0 Å². The van der Waals surface area contributed by atoms with Crippen LogP contribution in [0, 0.1) is 0 Å². The van der Waals surface area contributed by atoms with Crippen LogP contribution >= 0.6 is 0 Å². The van der Waals surface area contributed by atoms with Gasteiger partial charge in [0.2, 0.25) is 5.78 Å². The maximum absolute atomic E-state index is 11.6. The van der Waals surface area contributed by atoms with Crippen molar-refractivity contribution in [3.63, 3.8) is 0 Å². The molecular weight excluding hydrogens is 180 g/mol. The van der Waals surface area contributed by atoms with Gasteiger partial charge in [0.05, 0.1) is 6.04 Å². The number of carbonyl (C=O) groups excluding carboxylic acids is 1. The van der Waals surface area contributed by atoms with Gasteiger partial charge in [0, 0.05) is 24.8 Å². The van der Waals surface area contributed by atoms with Crippen LogP contribution < -0.4 is 5.73 Å². The van der Waals surface area contributed by atoms with E-state index in [1.807, 2.05) is 0 Å². The normalized spacial score (nSPS) is 13.0. The predicted octanol–water partition coefficient (Wildman–Crippen LogP) is 0.259. The molecule has 0 fully saturated rings. The second kappa shape index (κ2) is 3.19. The second-order valence-corrected chi connectivity index (χ2v) is 3.09. The molecule has 0 aromatic carbocycles. The number of fused-ring (bicyclic) bond motifs is 1. The lowest BCUT2D eigenvalue weighted by atomic mass is 10.2. The second-order valence-electron chi connectivity index (χ2n) is 3.09. The molecule has 2 rings (SSSR count). The lowest BCUT2D eigenvalue weighted by molar-refractivity contribution is 0.0964. The Hall–Kier alpha value is -1.75. The first kappa shape index (κ1) is 8.83. The predicted molar refractivity (Wildman–Crippen MR) is 51.0 cm³/mol. The molecular formula is C9H10N4O. The molecule has 0 saturated carbocycles. The Bertz CT molecular complexity index is 474. The highest BCUT2D eigenvalue weighted by molar-refractivity contribution is 6.02. The molecule has 2 aromatic rings. The minimum Gasteiger partial charge on any atom is -0.321 e. The highest BCUT2D eigenvalue weighted by Gasteiger charge is 2.16. The summed E-state index contributed by atoms with van der Waals surface area (Å²) in [5.74, 6) is -0.193. The quantitative estimate of drug-likeness (QED) is 0.689. The van der Waals surface area contributed by atoms with Gasteiger partial charge in [-0.25, -0.2) is 9.97 Å². The van der Waals surface area contributed by atoms with E-state index < -0.39 is 6.04 Å². The number of nitrogens with two attached hydrogens (primary N) is 1. The lowest BCUT2D eigenvalue weighted by Gasteiger charge is -2.03. The lowest BCUT2D eigenvalue weighted by Crippen LogP contribution is -2.28. The summed E-state index contributed by atoms with van der Waals surface area (Å²) in [7, 11) is 0. The van der Waals surface area contributed by atoms with Crippen molar-refractivity contribution < 1.29 is 4.79 Å². The Balaban J connectivity index is 2.62. The third-order valence-electron chi connectivity index (χ3n) is 1.96. The molecule has 0 spiro atoms. The first-order valence-electron chi connectivity index (χ1n) is 4.27. The molecule has 2 heterocycles. The zero-order chi connectivity index (χ0) is 10.1. The van der Waals surface area contributed by atoms with Gasteiger partial charge in [0.15, 0.2) is 11.3 Å². The fourth-order valence-electron chi connectivity index (χ4n) is 1.24. The Labute approximate surface area is 80.6 Å². The van der Waals surface area contributed by atoms with Crippen molar-refractivity contribution in [3.8, 4) is 0 Å². The summed E-state index contributed by atoms with van der Waals surface area (Å²) in [6.45, 7) is 1.64. The molecule has 0 amide bonds. The number of hydrogen-bond acceptors (Lipinski definition) is 4. The maximum atomic E-state index is 11.6. The molecule has 1 atom stereocenters. The smallest absolute Gasteiger partial charge is 0.201 e. The number of ketones is 1. The number of imidazole rings is 1. The standard InChI is InChI=1S/C9H10N4O/c1-6(10)8(14)7-9-12-3-5-13(9)4-2-11-7/h2-6H,10H2,1H3. The molecule has 0 aliphatic carbocycles. The fraction of sp³-hybridized carbons (Fsp3) is 0.222.